The van der Waals surface area contributed by atoms with Crippen LogP contribution in [0.1, 0.15) is 13.8 Å². The van der Waals surface area contributed by atoms with E-state index < -0.39 is 37.7 Å². The molecule has 1 aliphatic rings. The lowest BCUT2D eigenvalue weighted by Crippen LogP contribution is -2.54. The molecule has 1 aliphatic heterocycles. The van der Waals surface area contributed by atoms with Crippen molar-refractivity contribution in [3.8, 4) is 11.1 Å². The molecule has 0 spiro atoms. The van der Waals surface area contributed by atoms with Crippen LogP contribution < -0.4 is 21.1 Å². The lowest BCUT2D eigenvalue weighted by atomic mass is 10.1. The Labute approximate surface area is 289 Å². The molecule has 2 N–H and O–H groups in total. The summed E-state index contributed by atoms with van der Waals surface area (Å²) >= 11 is 1.43. The van der Waals surface area contributed by atoms with Crippen molar-refractivity contribution in [1.29, 1.82) is 0 Å². The fraction of sp³-hybridized carbons (Fsp3) is 0.303. The van der Waals surface area contributed by atoms with E-state index in [9.17, 15) is 13.2 Å². The number of piperazine rings is 1. The highest BCUT2D eigenvalue weighted by Gasteiger charge is 2.24. The number of benzene rings is 2. The van der Waals surface area contributed by atoms with E-state index in [4.69, 9.17) is 0 Å². The van der Waals surface area contributed by atoms with Crippen LogP contribution in [0.2, 0.25) is 0 Å². The van der Waals surface area contributed by atoms with E-state index in [1.807, 2.05) is 4.90 Å². The molecule has 4 heterocycles. The van der Waals surface area contributed by atoms with E-state index in [-0.39, 0.29) is 47.9 Å². The first-order valence-corrected chi connectivity index (χ1v) is 19.5. The third-order valence-corrected chi connectivity index (χ3v) is 12.5. The van der Waals surface area contributed by atoms with Crippen molar-refractivity contribution in [2.75, 3.05) is 43.2 Å². The van der Waals surface area contributed by atoms with Gasteiger partial charge >= 0.3 is 0 Å². The number of rotatable bonds is 10. The Hall–Kier alpha value is -4.09. The van der Waals surface area contributed by atoms with Crippen molar-refractivity contribution in [3.05, 3.63) is 82.4 Å². The number of hydrogen-bond donors (Lipinski definition) is 2. The zero-order valence-corrected chi connectivity index (χ0v) is 29.8. The highest BCUT2D eigenvalue weighted by Crippen LogP contribution is 2.38. The van der Waals surface area contributed by atoms with Gasteiger partial charge in [-0.3, -0.25) is 14.3 Å². The summed E-state index contributed by atoms with van der Waals surface area (Å²) in [6, 6.07) is 11.4. The molecular formula is C33H36F2N8O3S3. The number of nitrogens with one attached hydrogen (secondary N) is 2. The van der Waals surface area contributed by atoms with Crippen molar-refractivity contribution in [1.82, 2.24) is 29.1 Å². The molecule has 5 aromatic rings. The third-order valence-electron chi connectivity index (χ3n) is 8.30. The Morgan fingerprint density at radius 1 is 1.08 bits per heavy atom. The van der Waals surface area contributed by atoms with Gasteiger partial charge < -0.3 is 15.5 Å². The Morgan fingerprint density at radius 3 is 2.49 bits per heavy atom. The fourth-order valence-corrected chi connectivity index (χ4v) is 8.37. The molecule has 3 atom stereocenters. The predicted octanol–water partition coefficient (Wildman–Crippen LogP) is 5.13. The average Bonchev–Trinajstić information content (AvgIpc) is 3.58. The summed E-state index contributed by atoms with van der Waals surface area (Å²) in [4.78, 5) is 29.8. The van der Waals surface area contributed by atoms with Gasteiger partial charge in [0.15, 0.2) is 0 Å². The van der Waals surface area contributed by atoms with Gasteiger partial charge in [-0.1, -0.05) is 11.9 Å². The third kappa shape index (κ3) is 7.57. The van der Waals surface area contributed by atoms with Crippen LogP contribution in [0, 0.1) is 11.6 Å². The Balaban J connectivity index is 1.36. The van der Waals surface area contributed by atoms with Gasteiger partial charge in [-0.05, 0) is 50.2 Å². The number of anilines is 3. The normalized spacial score (nSPS) is 17.5. The molecule has 49 heavy (non-hydrogen) atoms. The van der Waals surface area contributed by atoms with E-state index >= 15 is 8.78 Å². The number of pyridine rings is 1. The molecule has 6 rings (SSSR count). The maximum Gasteiger partial charge on any atom is 0.260 e. The number of fused-ring (bicyclic) bond motifs is 1. The molecular weight excluding hydrogens is 691 g/mol. The Bertz CT molecular complexity index is 2200. The van der Waals surface area contributed by atoms with Crippen molar-refractivity contribution >= 4 is 66.1 Å². The molecule has 1 unspecified atom stereocenters. The van der Waals surface area contributed by atoms with Crippen molar-refractivity contribution < 1.29 is 17.2 Å². The summed E-state index contributed by atoms with van der Waals surface area (Å²) in [5.41, 5.74) is 2.38. The first-order chi connectivity index (χ1) is 23.3. The molecule has 0 amide bonds. The minimum absolute atomic E-state index is 0.0411. The lowest BCUT2D eigenvalue weighted by Gasteiger charge is -2.37. The summed E-state index contributed by atoms with van der Waals surface area (Å²) in [7, 11) is -2.79. The zero-order valence-electron chi connectivity index (χ0n) is 27.4. The smallest absolute Gasteiger partial charge is 0.260 e. The maximum absolute atomic E-state index is 15.7. The second-order valence-electron chi connectivity index (χ2n) is 12.1. The van der Waals surface area contributed by atoms with E-state index in [1.54, 1.807) is 36.0 Å². The number of nitrogens with zero attached hydrogens (tertiary/aromatic N) is 6. The van der Waals surface area contributed by atoms with Gasteiger partial charge in [0.2, 0.25) is 16.0 Å². The monoisotopic (exact) mass is 726 g/mol. The largest absolute Gasteiger partial charge is 0.366 e. The second-order valence-corrected chi connectivity index (χ2v) is 17.0. The Kier molecular flexibility index (Phi) is 9.95. The standard InChI is InChI=1S/C33H36F2N8O3S3/c1-20-17-42(18-21(2)38-20)29-9-6-23(13-28(29)35)39-33-37-15-22-12-26(32(44)43(31(22)40-33)11-10-41(3)49(5,45)46)25-8-7-24(14-27(25)34)48(4)30-16-36-19-47-30/h6-9,12-16,19-21,38H,4,10-11,17-18H2,1-3,5H3,(H,37,39,40)/t20-,21+,48?. The molecule has 2 aromatic carbocycles. The highest BCUT2D eigenvalue weighted by atomic mass is 32.2. The van der Waals surface area contributed by atoms with Crippen LogP contribution in [0.4, 0.5) is 26.1 Å². The van der Waals surface area contributed by atoms with E-state index in [2.05, 4.69) is 45.3 Å². The summed E-state index contributed by atoms with van der Waals surface area (Å²) in [5, 5.41) is 6.89. The van der Waals surface area contributed by atoms with Gasteiger partial charge in [-0.15, -0.1) is 21.8 Å². The van der Waals surface area contributed by atoms with Crippen LogP contribution >= 0.6 is 21.8 Å². The van der Waals surface area contributed by atoms with Crippen molar-refractivity contribution in [3.63, 3.8) is 0 Å². The van der Waals surface area contributed by atoms with Crippen LogP contribution in [0.25, 0.3) is 22.2 Å². The van der Waals surface area contributed by atoms with E-state index in [0.29, 0.717) is 34.7 Å². The summed E-state index contributed by atoms with van der Waals surface area (Å²) in [6.07, 6.45) is 4.26. The highest BCUT2D eigenvalue weighted by molar-refractivity contribution is 8.15. The van der Waals surface area contributed by atoms with Crippen LogP contribution in [0.15, 0.2) is 74.3 Å². The molecule has 0 bridgehead atoms. The number of likely N-dealkylation sites (N-methyl/N-ethyl adjacent to an activating group) is 1. The lowest BCUT2D eigenvalue weighted by molar-refractivity contribution is 0.404. The van der Waals surface area contributed by atoms with Crippen molar-refractivity contribution in [2.24, 2.45) is 0 Å². The predicted molar refractivity (Wildman–Crippen MR) is 194 cm³/mol. The minimum atomic E-state index is -3.55. The molecule has 0 saturated carbocycles. The van der Waals surface area contributed by atoms with Crippen LogP contribution in [0.3, 0.4) is 0 Å². The van der Waals surface area contributed by atoms with E-state index in [1.165, 1.54) is 47.3 Å². The quantitative estimate of drug-likeness (QED) is 0.189. The Morgan fingerprint density at radius 2 is 1.84 bits per heavy atom. The number of thiazole rings is 1. The van der Waals surface area contributed by atoms with Crippen LogP contribution in [-0.4, -0.2) is 83.1 Å². The van der Waals surface area contributed by atoms with Crippen LogP contribution in [0.5, 0.6) is 0 Å². The minimum Gasteiger partial charge on any atom is -0.366 e. The van der Waals surface area contributed by atoms with Gasteiger partial charge in [-0.25, -0.2) is 26.5 Å². The van der Waals surface area contributed by atoms with Gasteiger partial charge in [0, 0.05) is 73.0 Å². The number of halogens is 2. The summed E-state index contributed by atoms with van der Waals surface area (Å²) in [6.45, 7) is 5.36. The molecule has 3 aromatic heterocycles. The van der Waals surface area contributed by atoms with Crippen molar-refractivity contribution in [2.45, 2.75) is 41.6 Å². The maximum atomic E-state index is 15.7. The molecule has 1 saturated heterocycles. The molecule has 1 fully saturated rings. The molecule has 0 aliphatic carbocycles. The van der Waals surface area contributed by atoms with Gasteiger partial charge in [0.1, 0.15) is 17.3 Å². The molecule has 0 radical (unpaired) electrons. The molecule has 258 valence electrons. The summed E-state index contributed by atoms with van der Waals surface area (Å²) in [5.74, 6) is 3.26. The number of sulfonamides is 1. The topological polar surface area (TPSA) is 125 Å². The number of hydrogen-bond acceptors (Lipinski definition) is 10. The van der Waals surface area contributed by atoms with Gasteiger partial charge in [-0.2, -0.15) is 4.98 Å². The molecule has 16 heteroatoms. The number of aromatic nitrogens is 4. The molecule has 11 nitrogen and oxygen atoms in total. The SMILES string of the molecule is C=S(c1ccc(-c2cc3cnc(Nc4ccc(N5C[C@@H](C)N[C@@H](C)C5)c(F)c4)nc3n(CCN(C)S(C)(=O)=O)c2=O)c(F)c1)c1cncs1. The second kappa shape index (κ2) is 14.0. The first kappa shape index (κ1) is 34.8. The zero-order chi connectivity index (χ0) is 35.0. The van der Waals surface area contributed by atoms with Gasteiger partial charge in [0.05, 0.1) is 33.4 Å². The average molecular weight is 727 g/mol. The fourth-order valence-electron chi connectivity index (χ4n) is 5.83. The first-order valence-electron chi connectivity index (χ1n) is 15.4. The van der Waals surface area contributed by atoms with Gasteiger partial charge in [0.25, 0.3) is 5.56 Å². The summed E-state index contributed by atoms with van der Waals surface area (Å²) < 4.78 is 58.7. The van der Waals surface area contributed by atoms with Crippen LogP contribution in [-0.2, 0) is 16.6 Å². The van der Waals surface area contributed by atoms with E-state index in [0.717, 1.165) is 14.8 Å².